The molecule has 2 aliphatic rings. The number of nitrogens with one attached hydrogen (secondary N) is 2. The average Bonchev–Trinajstić information content (AvgIpc) is 3.25. The first-order valence-electron chi connectivity index (χ1n) is 9.48. The van der Waals surface area contributed by atoms with Gasteiger partial charge in [0.2, 0.25) is 0 Å². The van der Waals surface area contributed by atoms with Crippen LogP contribution in [-0.2, 0) is 11.3 Å². The molecule has 2 saturated heterocycles. The van der Waals surface area contributed by atoms with Gasteiger partial charge in [-0.2, -0.15) is 11.8 Å². The van der Waals surface area contributed by atoms with Crippen molar-refractivity contribution in [3.8, 4) is 0 Å². The summed E-state index contributed by atoms with van der Waals surface area (Å²) in [6.45, 7) is 12.5. The predicted octanol–water partition coefficient (Wildman–Crippen LogP) is 2.64. The number of morpholine rings is 1. The summed E-state index contributed by atoms with van der Waals surface area (Å²) < 4.78 is 5.56. The van der Waals surface area contributed by atoms with Gasteiger partial charge in [-0.05, 0) is 32.9 Å². The van der Waals surface area contributed by atoms with Crippen molar-refractivity contribution in [1.82, 2.24) is 20.5 Å². The molecule has 27 heavy (non-hydrogen) atoms. The van der Waals surface area contributed by atoms with Crippen LogP contribution >= 0.6 is 47.1 Å². The van der Waals surface area contributed by atoms with Crippen LogP contribution in [-0.4, -0.2) is 72.3 Å². The van der Waals surface area contributed by atoms with Crippen molar-refractivity contribution in [2.24, 2.45) is 4.99 Å². The number of aliphatic imine (C=N–C) groups is 1. The van der Waals surface area contributed by atoms with Crippen LogP contribution in [0.15, 0.2) is 4.99 Å². The standard InChI is InChI=1S/C18H31N5OS2.HI/c1-4-19-17(20-11-16-14(2)22-15(3)26-16)21-12-18(5-10-25-13-18)23-6-8-24-9-7-23;/h4-13H2,1-3H3,(H2,19,20,21);1H. The fourth-order valence-corrected chi connectivity index (χ4v) is 5.94. The van der Waals surface area contributed by atoms with Gasteiger partial charge in [-0.25, -0.2) is 9.98 Å². The average molecular weight is 526 g/mol. The fraction of sp³-hybridized carbons (Fsp3) is 0.778. The first-order chi connectivity index (χ1) is 12.6. The molecule has 9 heteroatoms. The molecule has 0 aromatic carbocycles. The summed E-state index contributed by atoms with van der Waals surface area (Å²) in [4.78, 5) is 13.2. The fourth-order valence-electron chi connectivity index (χ4n) is 3.60. The van der Waals surface area contributed by atoms with E-state index < -0.39 is 0 Å². The van der Waals surface area contributed by atoms with E-state index in [0.717, 1.165) is 56.1 Å². The number of nitrogens with zero attached hydrogens (tertiary/aromatic N) is 3. The molecule has 154 valence electrons. The van der Waals surface area contributed by atoms with Gasteiger partial charge in [0.1, 0.15) is 0 Å². The lowest BCUT2D eigenvalue weighted by atomic mass is 9.95. The molecule has 1 aromatic heterocycles. The number of hydrogen-bond donors (Lipinski definition) is 2. The van der Waals surface area contributed by atoms with Gasteiger partial charge in [0.25, 0.3) is 0 Å². The Labute approximate surface area is 188 Å². The highest BCUT2D eigenvalue weighted by Gasteiger charge is 2.40. The molecule has 1 unspecified atom stereocenters. The number of rotatable bonds is 6. The predicted molar refractivity (Wildman–Crippen MR) is 127 cm³/mol. The molecule has 0 spiro atoms. The summed E-state index contributed by atoms with van der Waals surface area (Å²) in [6.07, 6.45) is 1.23. The zero-order valence-electron chi connectivity index (χ0n) is 16.5. The summed E-state index contributed by atoms with van der Waals surface area (Å²) in [5.41, 5.74) is 1.32. The van der Waals surface area contributed by atoms with Gasteiger partial charge >= 0.3 is 0 Å². The van der Waals surface area contributed by atoms with Crippen LogP contribution in [0.1, 0.15) is 28.9 Å². The van der Waals surface area contributed by atoms with E-state index in [2.05, 4.69) is 53.1 Å². The van der Waals surface area contributed by atoms with Crippen LogP contribution in [0.5, 0.6) is 0 Å². The monoisotopic (exact) mass is 525 g/mol. The molecular weight excluding hydrogens is 493 g/mol. The van der Waals surface area contributed by atoms with Crippen molar-refractivity contribution in [3.05, 3.63) is 15.6 Å². The quantitative estimate of drug-likeness (QED) is 0.339. The van der Waals surface area contributed by atoms with Crippen molar-refractivity contribution in [3.63, 3.8) is 0 Å². The Kier molecular flexibility index (Phi) is 9.60. The van der Waals surface area contributed by atoms with Crippen LogP contribution in [0, 0.1) is 13.8 Å². The van der Waals surface area contributed by atoms with E-state index in [9.17, 15) is 0 Å². The molecule has 3 rings (SSSR count). The largest absolute Gasteiger partial charge is 0.379 e. The van der Waals surface area contributed by atoms with Crippen LogP contribution in [0.25, 0.3) is 0 Å². The van der Waals surface area contributed by atoms with E-state index in [1.54, 1.807) is 11.3 Å². The minimum absolute atomic E-state index is 0. The van der Waals surface area contributed by atoms with E-state index in [0.29, 0.717) is 6.54 Å². The normalized spacial score (nSPS) is 23.9. The van der Waals surface area contributed by atoms with E-state index in [1.807, 2.05) is 0 Å². The molecule has 0 saturated carbocycles. The van der Waals surface area contributed by atoms with Gasteiger partial charge in [-0.3, -0.25) is 4.90 Å². The maximum atomic E-state index is 5.56. The topological polar surface area (TPSA) is 61.8 Å². The molecule has 1 aromatic rings. The van der Waals surface area contributed by atoms with Gasteiger partial charge in [-0.1, -0.05) is 0 Å². The summed E-state index contributed by atoms with van der Waals surface area (Å²) in [7, 11) is 0. The Morgan fingerprint density at radius 3 is 2.67 bits per heavy atom. The summed E-state index contributed by atoms with van der Waals surface area (Å²) >= 11 is 3.81. The highest BCUT2D eigenvalue weighted by Crippen LogP contribution is 2.33. The lowest BCUT2D eigenvalue weighted by molar-refractivity contribution is -0.0120. The smallest absolute Gasteiger partial charge is 0.191 e. The zero-order chi connectivity index (χ0) is 18.4. The second-order valence-corrected chi connectivity index (χ2v) is 9.31. The minimum Gasteiger partial charge on any atom is -0.379 e. The Morgan fingerprint density at radius 2 is 2.07 bits per heavy atom. The van der Waals surface area contributed by atoms with Gasteiger partial charge < -0.3 is 15.4 Å². The number of thiazole rings is 1. The number of thioether (sulfide) groups is 1. The molecule has 6 nitrogen and oxygen atoms in total. The lowest BCUT2D eigenvalue weighted by Crippen LogP contribution is -2.60. The molecule has 2 N–H and O–H groups in total. The molecule has 0 bridgehead atoms. The Balaban J connectivity index is 0.00000261. The van der Waals surface area contributed by atoms with Crippen molar-refractivity contribution >= 4 is 53.0 Å². The molecule has 0 amide bonds. The molecule has 0 aliphatic carbocycles. The minimum atomic E-state index is 0. The molecule has 2 aliphatic heterocycles. The van der Waals surface area contributed by atoms with E-state index in [4.69, 9.17) is 9.73 Å². The summed E-state index contributed by atoms with van der Waals surface area (Å²) in [5.74, 6) is 3.33. The third kappa shape index (κ3) is 6.19. The maximum absolute atomic E-state index is 5.56. The van der Waals surface area contributed by atoms with E-state index in [-0.39, 0.29) is 29.5 Å². The Hall–Kier alpha value is -0.100. The van der Waals surface area contributed by atoms with Crippen molar-refractivity contribution in [2.75, 3.05) is 50.9 Å². The van der Waals surface area contributed by atoms with E-state index in [1.165, 1.54) is 22.8 Å². The summed E-state index contributed by atoms with van der Waals surface area (Å²) in [5, 5.41) is 8.13. The highest BCUT2D eigenvalue weighted by atomic mass is 127. The van der Waals surface area contributed by atoms with Gasteiger partial charge in [-0.15, -0.1) is 35.3 Å². The van der Waals surface area contributed by atoms with Gasteiger partial charge in [0.15, 0.2) is 5.96 Å². The molecule has 3 heterocycles. The first-order valence-corrected chi connectivity index (χ1v) is 11.5. The first kappa shape index (κ1) is 23.2. The number of aryl methyl sites for hydroxylation is 2. The highest BCUT2D eigenvalue weighted by molar-refractivity contribution is 14.0. The summed E-state index contributed by atoms with van der Waals surface area (Å²) in [6, 6.07) is 0. The molecule has 0 radical (unpaired) electrons. The third-order valence-electron chi connectivity index (χ3n) is 5.07. The maximum Gasteiger partial charge on any atom is 0.191 e. The Bertz CT molecular complexity index is 613. The molecular formula is C18H32IN5OS2. The van der Waals surface area contributed by atoms with Crippen molar-refractivity contribution in [1.29, 1.82) is 0 Å². The van der Waals surface area contributed by atoms with E-state index >= 15 is 0 Å². The van der Waals surface area contributed by atoms with Gasteiger partial charge in [0.05, 0.1) is 30.5 Å². The van der Waals surface area contributed by atoms with Crippen molar-refractivity contribution < 1.29 is 4.74 Å². The lowest BCUT2D eigenvalue weighted by Gasteiger charge is -2.43. The third-order valence-corrected chi connectivity index (χ3v) is 7.37. The second kappa shape index (κ2) is 11.2. The number of halogens is 1. The molecule has 2 fully saturated rings. The number of hydrogen-bond acceptors (Lipinski definition) is 6. The van der Waals surface area contributed by atoms with Gasteiger partial charge in [0, 0.05) is 42.3 Å². The molecule has 1 atom stereocenters. The van der Waals surface area contributed by atoms with Crippen molar-refractivity contribution in [2.45, 2.75) is 39.3 Å². The second-order valence-electron chi connectivity index (χ2n) is 6.92. The zero-order valence-corrected chi connectivity index (χ0v) is 20.5. The Morgan fingerprint density at radius 1 is 1.30 bits per heavy atom. The van der Waals surface area contributed by atoms with Crippen LogP contribution in [0.4, 0.5) is 0 Å². The SMILES string of the molecule is CCNC(=NCc1sc(C)nc1C)NCC1(N2CCOCC2)CCSC1.I. The van der Waals surface area contributed by atoms with Crippen LogP contribution in [0.3, 0.4) is 0 Å². The van der Waals surface area contributed by atoms with Crippen LogP contribution in [0.2, 0.25) is 0 Å². The number of ether oxygens (including phenoxy) is 1. The number of guanidine groups is 1. The number of aromatic nitrogens is 1. The van der Waals surface area contributed by atoms with Crippen LogP contribution < -0.4 is 10.6 Å².